The maximum atomic E-state index is 12.1. The summed E-state index contributed by atoms with van der Waals surface area (Å²) in [5, 5.41) is 24.2. The summed E-state index contributed by atoms with van der Waals surface area (Å²) in [6, 6.07) is -1.65. The molecule has 10 heteroatoms. The summed E-state index contributed by atoms with van der Waals surface area (Å²) in [4.78, 5) is 51.4. The van der Waals surface area contributed by atoms with Gasteiger partial charge in [0.05, 0.1) is 12.1 Å². The summed E-state index contributed by atoms with van der Waals surface area (Å²) in [6.45, 7) is 2.95. The zero-order chi connectivity index (χ0) is 18.7. The van der Waals surface area contributed by atoms with Gasteiger partial charge in [0.25, 0.3) is 0 Å². The second-order valence-corrected chi connectivity index (χ2v) is 6.15. The van der Waals surface area contributed by atoms with E-state index in [0.717, 1.165) is 0 Å². The van der Waals surface area contributed by atoms with Crippen molar-refractivity contribution in [2.24, 2.45) is 17.6 Å². The van der Waals surface area contributed by atoms with Gasteiger partial charge in [-0.05, 0) is 32.1 Å². The molecule has 0 unspecified atom stereocenters. The highest BCUT2D eigenvalue weighted by atomic mass is 16.4. The largest absolute Gasteiger partial charge is 0.479 e. The van der Waals surface area contributed by atoms with E-state index in [9.17, 15) is 24.6 Å². The minimum atomic E-state index is -1.44. The van der Waals surface area contributed by atoms with E-state index in [-0.39, 0.29) is 24.4 Å². The Morgan fingerprint density at radius 2 is 1.79 bits per heavy atom. The van der Waals surface area contributed by atoms with Gasteiger partial charge in [-0.3, -0.25) is 9.59 Å². The third-order valence-corrected chi connectivity index (χ3v) is 4.39. The Hall–Kier alpha value is -2.29. The van der Waals surface area contributed by atoms with Crippen LogP contribution < -0.4 is 16.4 Å². The molecule has 2 rings (SSSR count). The molecule has 6 N–H and O–H groups in total. The monoisotopic (exact) mass is 343 g/mol. The second kappa shape index (κ2) is 7.52. The van der Waals surface area contributed by atoms with Crippen LogP contribution in [-0.2, 0) is 24.0 Å². The number of carbonyl (C=O) groups is 3. The Morgan fingerprint density at radius 3 is 2.12 bits per heavy atom. The lowest BCUT2D eigenvalue weighted by molar-refractivity contribution is -0.191. The van der Waals surface area contributed by atoms with E-state index < -0.39 is 41.5 Å². The minimum absolute atomic E-state index is 0.00261. The number of aliphatic hydroxyl groups excluding tert-OH is 1. The molecule has 6 atom stereocenters. The van der Waals surface area contributed by atoms with Crippen LogP contribution in [0.2, 0.25) is 0 Å². The zero-order valence-electron chi connectivity index (χ0n) is 13.3. The molecule has 0 aromatic rings. The molecule has 2 saturated carbocycles. The third-order valence-electron chi connectivity index (χ3n) is 4.39. The highest BCUT2D eigenvalue weighted by Crippen LogP contribution is 2.57. The smallest absolute Gasteiger partial charge is 0.373 e. The molecule has 134 valence electrons. The van der Waals surface area contributed by atoms with E-state index >= 15 is 0 Å². The number of amides is 2. The molecule has 2 amide bonds. The molecule has 0 aromatic carbocycles. The fourth-order valence-electron chi connectivity index (χ4n) is 3.02. The summed E-state index contributed by atoms with van der Waals surface area (Å²) in [6.07, 6.45) is 0.131. The number of carbonyl (C=O) groups excluding carboxylic acids is 4. The quantitative estimate of drug-likeness (QED) is 0.367. The molecule has 24 heavy (non-hydrogen) atoms. The molecule has 2 fully saturated rings. The molecule has 10 nitrogen and oxygen atoms in total. The van der Waals surface area contributed by atoms with Crippen molar-refractivity contribution in [2.75, 3.05) is 0 Å². The Bertz CT molecular complexity index is 559. The molecule has 0 aromatic heterocycles. The van der Waals surface area contributed by atoms with Crippen LogP contribution in [0.1, 0.15) is 26.7 Å². The van der Waals surface area contributed by atoms with E-state index in [1.165, 1.54) is 13.8 Å². The second-order valence-electron chi connectivity index (χ2n) is 6.15. The average molecular weight is 343 g/mol. The first-order valence-corrected chi connectivity index (χ1v) is 7.39. The number of aliphatic carboxylic acids is 1. The van der Waals surface area contributed by atoms with Crippen LogP contribution in [0, 0.1) is 11.8 Å². The van der Waals surface area contributed by atoms with Crippen molar-refractivity contribution >= 4 is 23.9 Å². The van der Waals surface area contributed by atoms with Gasteiger partial charge in [0, 0.05) is 6.42 Å². The molecule has 0 heterocycles. The Balaban J connectivity index is 0.000000891. The van der Waals surface area contributed by atoms with Crippen molar-refractivity contribution < 1.29 is 34.2 Å². The molecular weight excluding hydrogens is 322 g/mol. The van der Waals surface area contributed by atoms with Crippen molar-refractivity contribution in [3.8, 4) is 0 Å². The molecule has 2 aliphatic carbocycles. The Labute approximate surface area is 137 Å². The van der Waals surface area contributed by atoms with Crippen LogP contribution in [-0.4, -0.2) is 57.9 Å². The van der Waals surface area contributed by atoms with Crippen LogP contribution in [0.4, 0.5) is 0 Å². The normalized spacial score (nSPS) is 32.1. The number of nitrogens with one attached hydrogen (secondary N) is 2. The average Bonchev–Trinajstić information content (AvgIpc) is 3.22. The van der Waals surface area contributed by atoms with Gasteiger partial charge in [-0.1, -0.05) is 0 Å². The summed E-state index contributed by atoms with van der Waals surface area (Å²) in [7, 11) is 0. The first kappa shape index (κ1) is 19.8. The molecule has 2 aliphatic rings. The van der Waals surface area contributed by atoms with Gasteiger partial charge in [0.15, 0.2) is 0 Å². The van der Waals surface area contributed by atoms with Crippen molar-refractivity contribution in [1.82, 2.24) is 10.6 Å². The highest BCUT2D eigenvalue weighted by Gasteiger charge is 2.67. The zero-order valence-corrected chi connectivity index (χ0v) is 13.3. The SMILES string of the molecule is C[C@H](N)C(=O)N[C@@H](C)C(=O)N[C@@]1(C(=O)O)C[C@H](O)[C@H]2C[C@H]21.O=C=O. The van der Waals surface area contributed by atoms with Gasteiger partial charge in [-0.2, -0.15) is 9.59 Å². The molecule has 0 radical (unpaired) electrons. The molecular formula is C14H21N3O7. The molecule has 0 saturated heterocycles. The van der Waals surface area contributed by atoms with Gasteiger partial charge in [0.1, 0.15) is 11.6 Å². The summed E-state index contributed by atoms with van der Waals surface area (Å²) in [5.74, 6) is -2.53. The maximum Gasteiger partial charge on any atom is 0.373 e. The lowest BCUT2D eigenvalue weighted by Gasteiger charge is -2.30. The topological polar surface area (TPSA) is 176 Å². The van der Waals surface area contributed by atoms with E-state index in [1.807, 2.05) is 0 Å². The standard InChI is InChI=1S/C13H21N3O5.CO2/c1-5(14)10(18)15-6(2)11(19)16-13(12(20)21)4-9(17)7-3-8(7)13;2-1-3/h5-9,17H,3-4,14H2,1-2H3,(H,15,18)(H,16,19)(H,20,21);/t5-,6-,7-,8+,9-,13-;/m0./s1. The number of nitrogens with two attached hydrogens (primary N) is 1. The van der Waals surface area contributed by atoms with Gasteiger partial charge < -0.3 is 26.6 Å². The van der Waals surface area contributed by atoms with Crippen molar-refractivity contribution in [3.05, 3.63) is 0 Å². The fourth-order valence-corrected chi connectivity index (χ4v) is 3.02. The van der Waals surface area contributed by atoms with Crippen LogP contribution in [0.3, 0.4) is 0 Å². The summed E-state index contributed by atoms with van der Waals surface area (Å²) >= 11 is 0. The maximum absolute atomic E-state index is 12.1. The Morgan fingerprint density at radius 1 is 1.25 bits per heavy atom. The molecule has 0 spiro atoms. The first-order valence-electron chi connectivity index (χ1n) is 7.39. The fraction of sp³-hybridized carbons (Fsp3) is 0.714. The predicted molar refractivity (Wildman–Crippen MR) is 77.0 cm³/mol. The van der Waals surface area contributed by atoms with Gasteiger partial charge in [-0.25, -0.2) is 4.79 Å². The third kappa shape index (κ3) is 3.97. The van der Waals surface area contributed by atoms with Gasteiger partial charge in [0.2, 0.25) is 11.8 Å². The van der Waals surface area contributed by atoms with E-state index in [1.54, 1.807) is 0 Å². The predicted octanol–water partition coefficient (Wildman–Crippen LogP) is -2.40. The first-order chi connectivity index (χ1) is 11.1. The van der Waals surface area contributed by atoms with Crippen LogP contribution in [0.5, 0.6) is 0 Å². The minimum Gasteiger partial charge on any atom is -0.479 e. The molecule has 0 aliphatic heterocycles. The molecule has 0 bridgehead atoms. The highest BCUT2D eigenvalue weighted by molar-refractivity contribution is 5.93. The lowest BCUT2D eigenvalue weighted by Crippen LogP contribution is -2.60. The van der Waals surface area contributed by atoms with E-state index in [4.69, 9.17) is 15.3 Å². The van der Waals surface area contributed by atoms with Crippen molar-refractivity contribution in [2.45, 2.75) is 50.4 Å². The van der Waals surface area contributed by atoms with Crippen molar-refractivity contribution in [1.29, 1.82) is 0 Å². The summed E-state index contributed by atoms with van der Waals surface area (Å²) in [5.41, 5.74) is 3.96. The van der Waals surface area contributed by atoms with Crippen molar-refractivity contribution in [3.63, 3.8) is 0 Å². The van der Waals surface area contributed by atoms with E-state index in [0.29, 0.717) is 6.42 Å². The number of aliphatic hydroxyl groups is 1. The number of rotatable bonds is 5. The number of hydrogen-bond acceptors (Lipinski definition) is 7. The lowest BCUT2D eigenvalue weighted by atomic mass is 9.92. The van der Waals surface area contributed by atoms with Crippen LogP contribution >= 0.6 is 0 Å². The number of fused-ring (bicyclic) bond motifs is 1. The van der Waals surface area contributed by atoms with Gasteiger partial charge in [-0.15, -0.1) is 0 Å². The summed E-state index contributed by atoms with van der Waals surface area (Å²) < 4.78 is 0. The van der Waals surface area contributed by atoms with Gasteiger partial charge >= 0.3 is 12.1 Å². The van der Waals surface area contributed by atoms with Crippen LogP contribution in [0.15, 0.2) is 0 Å². The number of carboxylic acids is 1. The number of hydrogen-bond donors (Lipinski definition) is 5. The number of carboxylic acid groups (broad SMARTS) is 1. The van der Waals surface area contributed by atoms with E-state index in [2.05, 4.69) is 10.6 Å². The van der Waals surface area contributed by atoms with Crippen LogP contribution in [0.25, 0.3) is 0 Å². The Kier molecular flexibility index (Phi) is 6.19.